The van der Waals surface area contributed by atoms with Gasteiger partial charge in [-0.25, -0.2) is 8.42 Å². The monoisotopic (exact) mass is 322 g/mol. The molecule has 5 nitrogen and oxygen atoms in total. The molecular formula is C16H22N2O3S. The van der Waals surface area contributed by atoms with Crippen LogP contribution in [-0.4, -0.2) is 43.0 Å². The summed E-state index contributed by atoms with van der Waals surface area (Å²) in [5.41, 5.74) is 1.72. The SMILES string of the molecule is Cc1cccc(C(=O)NC2CC3CCC(C2)N3S(C)(=O)=O)c1. The van der Waals surface area contributed by atoms with Crippen molar-refractivity contribution in [3.8, 4) is 0 Å². The number of sulfonamides is 1. The molecule has 2 heterocycles. The smallest absolute Gasteiger partial charge is 0.251 e. The first-order chi connectivity index (χ1) is 10.3. The fraction of sp³-hybridized carbons (Fsp3) is 0.562. The van der Waals surface area contributed by atoms with Gasteiger partial charge in [-0.3, -0.25) is 4.79 Å². The second-order valence-electron chi connectivity index (χ2n) is 6.49. The zero-order chi connectivity index (χ0) is 15.9. The maximum absolute atomic E-state index is 12.3. The number of rotatable bonds is 3. The van der Waals surface area contributed by atoms with E-state index in [9.17, 15) is 13.2 Å². The minimum Gasteiger partial charge on any atom is -0.349 e. The Labute approximate surface area is 131 Å². The number of aryl methyl sites for hydroxylation is 1. The highest BCUT2D eigenvalue weighted by Gasteiger charge is 2.45. The lowest BCUT2D eigenvalue weighted by Gasteiger charge is -2.37. The lowest BCUT2D eigenvalue weighted by Crippen LogP contribution is -2.52. The molecule has 0 aliphatic carbocycles. The molecule has 1 N–H and O–H groups in total. The van der Waals surface area contributed by atoms with E-state index in [1.54, 1.807) is 4.31 Å². The summed E-state index contributed by atoms with van der Waals surface area (Å²) < 4.78 is 25.4. The normalized spacial score (nSPS) is 28.5. The highest BCUT2D eigenvalue weighted by molar-refractivity contribution is 7.88. The van der Waals surface area contributed by atoms with Crippen molar-refractivity contribution in [1.29, 1.82) is 0 Å². The molecule has 6 heteroatoms. The Bertz CT molecular complexity index is 672. The molecule has 120 valence electrons. The number of piperidine rings is 1. The van der Waals surface area contributed by atoms with Crippen LogP contribution in [0.2, 0.25) is 0 Å². The number of benzene rings is 1. The van der Waals surface area contributed by atoms with Crippen LogP contribution in [0.5, 0.6) is 0 Å². The van der Waals surface area contributed by atoms with E-state index in [2.05, 4.69) is 5.32 Å². The van der Waals surface area contributed by atoms with Crippen LogP contribution in [0.15, 0.2) is 24.3 Å². The average molecular weight is 322 g/mol. The van der Waals surface area contributed by atoms with E-state index in [1.165, 1.54) is 6.26 Å². The lowest BCUT2D eigenvalue weighted by atomic mass is 9.99. The molecule has 0 aromatic heterocycles. The van der Waals surface area contributed by atoms with Crippen LogP contribution in [0.4, 0.5) is 0 Å². The molecule has 0 radical (unpaired) electrons. The fourth-order valence-corrected chi connectivity index (χ4v) is 5.31. The fourth-order valence-electron chi connectivity index (χ4n) is 3.85. The molecule has 2 aliphatic rings. The Kier molecular flexibility index (Phi) is 3.99. The highest BCUT2D eigenvalue weighted by Crippen LogP contribution is 2.37. The van der Waals surface area contributed by atoms with Crippen molar-refractivity contribution in [2.75, 3.05) is 6.26 Å². The van der Waals surface area contributed by atoms with Crippen molar-refractivity contribution in [2.24, 2.45) is 0 Å². The topological polar surface area (TPSA) is 66.5 Å². The summed E-state index contributed by atoms with van der Waals surface area (Å²) >= 11 is 0. The molecule has 2 bridgehead atoms. The van der Waals surface area contributed by atoms with Crippen LogP contribution in [0.1, 0.15) is 41.6 Å². The van der Waals surface area contributed by atoms with Gasteiger partial charge in [-0.1, -0.05) is 17.7 Å². The Morgan fingerprint density at radius 2 is 1.86 bits per heavy atom. The molecular weight excluding hydrogens is 300 g/mol. The van der Waals surface area contributed by atoms with E-state index in [1.807, 2.05) is 31.2 Å². The summed E-state index contributed by atoms with van der Waals surface area (Å²) in [7, 11) is -3.15. The third-order valence-corrected chi connectivity index (χ3v) is 6.03. The maximum atomic E-state index is 12.3. The number of carbonyl (C=O) groups is 1. The number of amides is 1. The minimum atomic E-state index is -3.15. The van der Waals surface area contributed by atoms with Gasteiger partial charge in [0.1, 0.15) is 0 Å². The molecule has 2 unspecified atom stereocenters. The summed E-state index contributed by atoms with van der Waals surface area (Å²) in [6, 6.07) is 7.65. The van der Waals surface area contributed by atoms with E-state index < -0.39 is 10.0 Å². The number of nitrogens with one attached hydrogen (secondary N) is 1. The van der Waals surface area contributed by atoms with Gasteiger partial charge in [-0.05, 0) is 44.7 Å². The van der Waals surface area contributed by atoms with Crippen molar-refractivity contribution < 1.29 is 13.2 Å². The number of hydrogen-bond acceptors (Lipinski definition) is 3. The van der Waals surface area contributed by atoms with Crippen LogP contribution >= 0.6 is 0 Å². The zero-order valence-corrected chi connectivity index (χ0v) is 13.8. The molecule has 1 aromatic carbocycles. The van der Waals surface area contributed by atoms with Gasteiger partial charge in [0.05, 0.1) is 6.26 Å². The van der Waals surface area contributed by atoms with Gasteiger partial charge < -0.3 is 5.32 Å². The van der Waals surface area contributed by atoms with Crippen molar-refractivity contribution in [3.63, 3.8) is 0 Å². The van der Waals surface area contributed by atoms with Gasteiger partial charge >= 0.3 is 0 Å². The van der Waals surface area contributed by atoms with Crippen LogP contribution in [0, 0.1) is 6.92 Å². The molecule has 2 fully saturated rings. The van der Waals surface area contributed by atoms with Gasteiger partial charge in [0, 0.05) is 23.7 Å². The molecule has 0 saturated carbocycles. The van der Waals surface area contributed by atoms with Gasteiger partial charge in [0.25, 0.3) is 5.91 Å². The quantitative estimate of drug-likeness (QED) is 0.921. The number of nitrogens with zero attached hydrogens (tertiary/aromatic N) is 1. The Morgan fingerprint density at radius 3 is 2.41 bits per heavy atom. The Morgan fingerprint density at radius 1 is 1.23 bits per heavy atom. The summed E-state index contributed by atoms with van der Waals surface area (Å²) in [5.74, 6) is -0.0686. The summed E-state index contributed by atoms with van der Waals surface area (Å²) in [6.45, 7) is 1.96. The van der Waals surface area contributed by atoms with Gasteiger partial charge in [0.15, 0.2) is 0 Å². The highest BCUT2D eigenvalue weighted by atomic mass is 32.2. The van der Waals surface area contributed by atoms with Crippen molar-refractivity contribution in [3.05, 3.63) is 35.4 Å². The minimum absolute atomic E-state index is 0.0385. The first kappa shape index (κ1) is 15.5. The van der Waals surface area contributed by atoms with Crippen LogP contribution in [-0.2, 0) is 10.0 Å². The summed E-state index contributed by atoms with van der Waals surface area (Å²) in [6.07, 6.45) is 4.50. The van der Waals surface area contributed by atoms with E-state index in [-0.39, 0.29) is 24.0 Å². The second-order valence-corrected chi connectivity index (χ2v) is 8.38. The molecule has 2 atom stereocenters. The first-order valence-corrected chi connectivity index (χ1v) is 9.55. The van der Waals surface area contributed by atoms with Crippen molar-refractivity contribution in [2.45, 2.75) is 50.7 Å². The van der Waals surface area contributed by atoms with Crippen molar-refractivity contribution >= 4 is 15.9 Å². The Hall–Kier alpha value is -1.40. The van der Waals surface area contributed by atoms with Crippen LogP contribution < -0.4 is 5.32 Å². The molecule has 2 aliphatic heterocycles. The summed E-state index contributed by atoms with van der Waals surface area (Å²) in [4.78, 5) is 12.3. The molecule has 1 aromatic rings. The number of carbonyl (C=O) groups excluding carboxylic acids is 1. The van der Waals surface area contributed by atoms with Crippen LogP contribution in [0.3, 0.4) is 0 Å². The van der Waals surface area contributed by atoms with Gasteiger partial charge in [-0.2, -0.15) is 4.31 Å². The standard InChI is InChI=1S/C16H22N2O3S/c1-11-4-3-5-12(8-11)16(19)17-13-9-14-6-7-15(10-13)18(14)22(2,20)21/h3-5,8,13-15H,6-7,9-10H2,1-2H3,(H,17,19). The van der Waals surface area contributed by atoms with Crippen molar-refractivity contribution in [1.82, 2.24) is 9.62 Å². The van der Waals surface area contributed by atoms with E-state index >= 15 is 0 Å². The predicted octanol–water partition coefficient (Wildman–Crippen LogP) is 1.68. The molecule has 3 rings (SSSR count). The predicted molar refractivity (Wildman–Crippen MR) is 85.2 cm³/mol. The maximum Gasteiger partial charge on any atom is 0.251 e. The van der Waals surface area contributed by atoms with E-state index in [0.717, 1.165) is 18.4 Å². The zero-order valence-electron chi connectivity index (χ0n) is 13.0. The third-order valence-electron chi connectivity index (χ3n) is 4.66. The second kappa shape index (κ2) is 5.66. The average Bonchev–Trinajstić information content (AvgIpc) is 2.71. The third kappa shape index (κ3) is 3.03. The van der Waals surface area contributed by atoms with E-state index in [4.69, 9.17) is 0 Å². The van der Waals surface area contributed by atoms with Gasteiger partial charge in [-0.15, -0.1) is 0 Å². The molecule has 1 amide bonds. The number of hydrogen-bond donors (Lipinski definition) is 1. The first-order valence-electron chi connectivity index (χ1n) is 7.70. The van der Waals surface area contributed by atoms with Crippen LogP contribution in [0.25, 0.3) is 0 Å². The summed E-state index contributed by atoms with van der Waals surface area (Å²) in [5, 5.41) is 3.07. The molecule has 22 heavy (non-hydrogen) atoms. The number of fused-ring (bicyclic) bond motifs is 2. The molecule has 2 saturated heterocycles. The molecule has 0 spiro atoms. The largest absolute Gasteiger partial charge is 0.349 e. The lowest BCUT2D eigenvalue weighted by molar-refractivity contribution is 0.0909. The Balaban J connectivity index is 1.68. The van der Waals surface area contributed by atoms with Gasteiger partial charge in [0.2, 0.25) is 10.0 Å². The van der Waals surface area contributed by atoms with E-state index in [0.29, 0.717) is 18.4 Å².